The minimum atomic E-state index is 0.142. The van der Waals surface area contributed by atoms with Crippen molar-refractivity contribution in [2.75, 3.05) is 6.61 Å². The molecule has 3 aromatic heterocycles. The van der Waals surface area contributed by atoms with E-state index in [-0.39, 0.29) is 6.61 Å². The maximum Gasteiger partial charge on any atom is 0.178 e. The Bertz CT molecular complexity index is 700. The van der Waals surface area contributed by atoms with Crippen LogP contribution in [0.15, 0.2) is 30.7 Å². The van der Waals surface area contributed by atoms with Crippen LogP contribution in [0, 0.1) is 6.92 Å². The van der Waals surface area contributed by atoms with Gasteiger partial charge >= 0.3 is 0 Å². The van der Waals surface area contributed by atoms with Crippen molar-refractivity contribution in [3.05, 3.63) is 36.4 Å². The van der Waals surface area contributed by atoms with Gasteiger partial charge < -0.3 is 9.51 Å². The van der Waals surface area contributed by atoms with Crippen LogP contribution in [0.5, 0.6) is 0 Å². The highest BCUT2D eigenvalue weighted by atomic mass is 16.3. The molecule has 0 saturated heterocycles. The van der Waals surface area contributed by atoms with Crippen molar-refractivity contribution in [3.63, 3.8) is 0 Å². The third kappa shape index (κ3) is 2.00. The number of hydrogen-bond donors (Lipinski definition) is 1. The maximum atomic E-state index is 8.91. The van der Waals surface area contributed by atoms with Crippen LogP contribution in [0.4, 0.5) is 0 Å². The number of nitrogens with zero attached hydrogens (tertiary/aromatic N) is 5. The lowest BCUT2D eigenvalue weighted by atomic mass is 10.3. The second-order valence-electron chi connectivity index (χ2n) is 4.36. The van der Waals surface area contributed by atoms with E-state index in [0.717, 1.165) is 22.9 Å². The lowest BCUT2D eigenvalue weighted by Crippen LogP contribution is -2.05. The molecule has 0 aliphatic carbocycles. The number of rotatable bonds is 4. The van der Waals surface area contributed by atoms with Gasteiger partial charge in [0.2, 0.25) is 0 Å². The molecule has 6 heteroatoms. The van der Waals surface area contributed by atoms with Crippen LogP contribution in [0.2, 0.25) is 0 Å². The monoisotopic (exact) mass is 257 g/mol. The van der Waals surface area contributed by atoms with Crippen LogP contribution in [-0.4, -0.2) is 35.9 Å². The Hall–Kier alpha value is -2.21. The highest BCUT2D eigenvalue weighted by molar-refractivity contribution is 5.60. The molecule has 1 N–H and O–H groups in total. The molecule has 0 aliphatic rings. The fourth-order valence-electron chi connectivity index (χ4n) is 2.16. The average molecular weight is 257 g/mol. The fourth-order valence-corrected chi connectivity index (χ4v) is 2.16. The number of hydrogen-bond acceptors (Lipinski definition) is 4. The van der Waals surface area contributed by atoms with Gasteiger partial charge in [0.05, 0.1) is 5.69 Å². The summed E-state index contributed by atoms with van der Waals surface area (Å²) in [6.07, 6.45) is 4.16. The molecule has 0 atom stereocenters. The third-order valence-corrected chi connectivity index (χ3v) is 3.12. The van der Waals surface area contributed by atoms with Gasteiger partial charge in [-0.15, -0.1) is 0 Å². The summed E-state index contributed by atoms with van der Waals surface area (Å²) in [5.74, 6) is 0.745. The quantitative estimate of drug-likeness (QED) is 0.764. The minimum Gasteiger partial charge on any atom is -0.396 e. The summed E-state index contributed by atoms with van der Waals surface area (Å²) in [6.45, 7) is 2.79. The Balaban J connectivity index is 2.09. The van der Waals surface area contributed by atoms with E-state index in [0.29, 0.717) is 13.0 Å². The molecule has 0 saturated carbocycles. The Morgan fingerprint density at radius 1 is 1.32 bits per heavy atom. The largest absolute Gasteiger partial charge is 0.396 e. The van der Waals surface area contributed by atoms with Gasteiger partial charge in [0, 0.05) is 19.3 Å². The number of imidazole rings is 1. The summed E-state index contributed by atoms with van der Waals surface area (Å²) in [5, 5.41) is 13.1. The van der Waals surface area contributed by atoms with Crippen molar-refractivity contribution in [3.8, 4) is 11.5 Å². The van der Waals surface area contributed by atoms with E-state index in [1.807, 2.05) is 35.7 Å². The molecule has 6 nitrogen and oxygen atoms in total. The molecule has 98 valence electrons. The van der Waals surface area contributed by atoms with Crippen LogP contribution in [0.25, 0.3) is 17.2 Å². The molecule has 0 spiro atoms. The van der Waals surface area contributed by atoms with Crippen LogP contribution < -0.4 is 0 Å². The molecular weight excluding hydrogens is 242 g/mol. The van der Waals surface area contributed by atoms with Crippen molar-refractivity contribution in [2.45, 2.75) is 19.9 Å². The molecule has 3 aromatic rings. The molecule has 0 radical (unpaired) electrons. The van der Waals surface area contributed by atoms with Gasteiger partial charge in [0.15, 0.2) is 5.82 Å². The predicted molar refractivity (Wildman–Crippen MR) is 70.6 cm³/mol. The van der Waals surface area contributed by atoms with Crippen molar-refractivity contribution in [2.24, 2.45) is 0 Å². The van der Waals surface area contributed by atoms with Crippen molar-refractivity contribution >= 4 is 5.65 Å². The first-order chi connectivity index (χ1) is 9.31. The van der Waals surface area contributed by atoms with Crippen LogP contribution >= 0.6 is 0 Å². The Morgan fingerprint density at radius 3 is 3.00 bits per heavy atom. The molecule has 0 aromatic carbocycles. The first-order valence-electron chi connectivity index (χ1n) is 6.24. The van der Waals surface area contributed by atoms with Crippen molar-refractivity contribution < 1.29 is 5.11 Å². The minimum absolute atomic E-state index is 0.142. The van der Waals surface area contributed by atoms with Gasteiger partial charge in [-0.1, -0.05) is 6.07 Å². The van der Waals surface area contributed by atoms with E-state index in [2.05, 4.69) is 15.1 Å². The maximum absolute atomic E-state index is 8.91. The number of pyridine rings is 1. The third-order valence-electron chi connectivity index (χ3n) is 3.12. The molecule has 19 heavy (non-hydrogen) atoms. The SMILES string of the molecule is Cc1c(-c2ncnn2CCCO)nc2ccccn12. The highest BCUT2D eigenvalue weighted by Crippen LogP contribution is 2.21. The smallest absolute Gasteiger partial charge is 0.178 e. The summed E-state index contributed by atoms with van der Waals surface area (Å²) >= 11 is 0. The van der Waals surface area contributed by atoms with E-state index in [4.69, 9.17) is 5.11 Å². The van der Waals surface area contributed by atoms with E-state index in [9.17, 15) is 0 Å². The van der Waals surface area contributed by atoms with Crippen LogP contribution in [-0.2, 0) is 6.54 Å². The van der Waals surface area contributed by atoms with E-state index >= 15 is 0 Å². The molecule has 0 unspecified atom stereocenters. The molecule has 0 amide bonds. The Kier molecular flexibility index (Phi) is 3.00. The van der Waals surface area contributed by atoms with Gasteiger partial charge in [-0.05, 0) is 25.5 Å². The predicted octanol–water partition coefficient (Wildman–Crippen LogP) is 1.28. The lowest BCUT2D eigenvalue weighted by Gasteiger charge is -2.03. The molecule has 0 bridgehead atoms. The number of aliphatic hydroxyl groups is 1. The zero-order valence-electron chi connectivity index (χ0n) is 10.7. The second kappa shape index (κ2) is 4.81. The number of aryl methyl sites for hydroxylation is 2. The molecule has 0 fully saturated rings. The Morgan fingerprint density at radius 2 is 2.21 bits per heavy atom. The molecule has 0 aliphatic heterocycles. The number of fused-ring (bicyclic) bond motifs is 1. The van der Waals surface area contributed by atoms with Crippen molar-refractivity contribution in [1.29, 1.82) is 0 Å². The van der Waals surface area contributed by atoms with Gasteiger partial charge in [0.1, 0.15) is 17.7 Å². The lowest BCUT2D eigenvalue weighted by molar-refractivity contribution is 0.277. The number of aromatic nitrogens is 5. The van der Waals surface area contributed by atoms with Crippen LogP contribution in [0.3, 0.4) is 0 Å². The van der Waals surface area contributed by atoms with Gasteiger partial charge in [-0.25, -0.2) is 14.6 Å². The normalized spacial score (nSPS) is 11.3. The molecular formula is C13H15N5O. The summed E-state index contributed by atoms with van der Waals surface area (Å²) in [7, 11) is 0. The molecule has 3 rings (SSSR count). The highest BCUT2D eigenvalue weighted by Gasteiger charge is 2.15. The number of aliphatic hydroxyl groups excluding tert-OH is 1. The zero-order chi connectivity index (χ0) is 13.2. The van der Waals surface area contributed by atoms with Gasteiger partial charge in [-0.2, -0.15) is 5.10 Å². The van der Waals surface area contributed by atoms with Gasteiger partial charge in [0.25, 0.3) is 0 Å². The van der Waals surface area contributed by atoms with E-state index in [1.54, 1.807) is 4.68 Å². The fraction of sp³-hybridized carbons (Fsp3) is 0.308. The van der Waals surface area contributed by atoms with E-state index < -0.39 is 0 Å². The topological polar surface area (TPSA) is 68.2 Å². The van der Waals surface area contributed by atoms with Crippen LogP contribution in [0.1, 0.15) is 12.1 Å². The zero-order valence-corrected chi connectivity index (χ0v) is 10.7. The Labute approximate surface area is 110 Å². The summed E-state index contributed by atoms with van der Waals surface area (Å²) in [6, 6.07) is 5.90. The first kappa shape index (κ1) is 11.9. The van der Waals surface area contributed by atoms with E-state index in [1.165, 1.54) is 6.33 Å². The second-order valence-corrected chi connectivity index (χ2v) is 4.36. The van der Waals surface area contributed by atoms with Crippen molar-refractivity contribution in [1.82, 2.24) is 24.1 Å². The first-order valence-corrected chi connectivity index (χ1v) is 6.24. The van der Waals surface area contributed by atoms with Gasteiger partial charge in [-0.3, -0.25) is 0 Å². The average Bonchev–Trinajstić information content (AvgIpc) is 3.01. The standard InChI is InChI=1S/C13H15N5O/c1-10-12(16-11-5-2-3-6-17(10)11)13-14-9-15-18(13)7-4-8-19/h2-3,5-6,9,19H,4,7-8H2,1H3. The summed E-state index contributed by atoms with van der Waals surface area (Å²) in [5.41, 5.74) is 2.77. The molecule has 3 heterocycles. The summed E-state index contributed by atoms with van der Waals surface area (Å²) in [4.78, 5) is 8.89. The summed E-state index contributed by atoms with van der Waals surface area (Å²) < 4.78 is 3.81.